The number of aromatic nitrogens is 4. The topological polar surface area (TPSA) is 115 Å². The largest absolute Gasteiger partial charge is 0.419 e. The molecule has 278 valence electrons. The van der Waals surface area contributed by atoms with Crippen LogP contribution in [0.25, 0.3) is 11.3 Å². The Kier molecular flexibility index (Phi) is 9.68. The van der Waals surface area contributed by atoms with E-state index in [9.17, 15) is 22.8 Å². The molecule has 5 aliphatic heterocycles. The molecule has 8 rings (SSSR count). The molecule has 5 aliphatic rings. The fraction of sp³-hybridized carbons (Fsp3) is 0.583. The molecule has 16 heteroatoms. The molecule has 0 bridgehead atoms. The van der Waals surface area contributed by atoms with E-state index >= 15 is 0 Å². The highest BCUT2D eigenvalue weighted by Gasteiger charge is 2.52. The molecular weight excluding hydrogens is 694 g/mol. The van der Waals surface area contributed by atoms with Gasteiger partial charge < -0.3 is 15.1 Å². The zero-order chi connectivity index (χ0) is 36.0. The summed E-state index contributed by atoms with van der Waals surface area (Å²) in [6.07, 6.45) is 4.31. The number of aryl methyl sites for hydroxylation is 1. The van der Waals surface area contributed by atoms with Crippen molar-refractivity contribution in [3.63, 3.8) is 0 Å². The Bertz CT molecular complexity index is 1760. The number of hydrogen-bond donors (Lipinski definition) is 2. The number of anilines is 2. The first-order chi connectivity index (χ1) is 25.0. The van der Waals surface area contributed by atoms with Crippen LogP contribution in [0.5, 0.6) is 0 Å². The first kappa shape index (κ1) is 35.3. The van der Waals surface area contributed by atoms with Crippen molar-refractivity contribution in [2.24, 2.45) is 18.4 Å². The van der Waals surface area contributed by atoms with Crippen LogP contribution in [0.3, 0.4) is 0 Å². The number of imide groups is 1. The summed E-state index contributed by atoms with van der Waals surface area (Å²) in [4.78, 5) is 37.1. The Morgan fingerprint density at radius 1 is 0.942 bits per heavy atom. The minimum atomic E-state index is -4.56. The summed E-state index contributed by atoms with van der Waals surface area (Å²) in [5.41, 5.74) is 1.86. The lowest BCUT2D eigenvalue weighted by molar-refractivity contribution is -0.137. The number of benzene rings is 1. The summed E-state index contributed by atoms with van der Waals surface area (Å²) < 4.78 is 47.4. The van der Waals surface area contributed by atoms with Crippen molar-refractivity contribution in [2.75, 3.05) is 69.1 Å². The summed E-state index contributed by atoms with van der Waals surface area (Å²) in [6.45, 7) is 9.57. The van der Waals surface area contributed by atoms with Gasteiger partial charge in [0.25, 0.3) is 0 Å². The SMILES string of the molecule is Cn1cc(-c2nc(NC3CCN(SN4CCC(CN5CC6(C5)CN(c5ccc(C7CCC(=O)NC7=O)cc5)C6)CC4)CC3)ncc2C(F)(F)F)cn1. The molecule has 5 saturated heterocycles. The van der Waals surface area contributed by atoms with E-state index in [4.69, 9.17) is 0 Å². The second-order valence-electron chi connectivity index (χ2n) is 15.3. The van der Waals surface area contributed by atoms with Crippen LogP contribution >= 0.6 is 12.1 Å². The Labute approximate surface area is 305 Å². The number of halogens is 3. The molecule has 52 heavy (non-hydrogen) atoms. The minimum absolute atomic E-state index is 0.0918. The third kappa shape index (κ3) is 7.66. The quantitative estimate of drug-likeness (QED) is 0.241. The van der Waals surface area contributed by atoms with Crippen molar-refractivity contribution in [3.05, 3.63) is 54.0 Å². The molecule has 1 unspecified atom stereocenters. The fourth-order valence-corrected chi connectivity index (χ4v) is 9.57. The molecule has 7 heterocycles. The molecule has 5 fully saturated rings. The van der Waals surface area contributed by atoms with Crippen molar-refractivity contribution < 1.29 is 22.8 Å². The minimum Gasteiger partial charge on any atom is -0.370 e. The van der Waals surface area contributed by atoms with Crippen LogP contribution in [-0.4, -0.2) is 110 Å². The van der Waals surface area contributed by atoms with Gasteiger partial charge in [0.15, 0.2) is 0 Å². The zero-order valence-electron chi connectivity index (χ0n) is 29.3. The molecule has 2 N–H and O–H groups in total. The van der Waals surface area contributed by atoms with Gasteiger partial charge in [0.2, 0.25) is 17.8 Å². The van der Waals surface area contributed by atoms with Gasteiger partial charge in [-0.1, -0.05) is 12.1 Å². The Hall–Kier alpha value is -3.73. The van der Waals surface area contributed by atoms with E-state index in [1.807, 2.05) is 24.3 Å². The molecule has 0 saturated carbocycles. The van der Waals surface area contributed by atoms with Crippen molar-refractivity contribution >= 4 is 35.6 Å². The summed E-state index contributed by atoms with van der Waals surface area (Å²) in [5.74, 6) is 0.322. The smallest absolute Gasteiger partial charge is 0.370 e. The maximum atomic E-state index is 13.7. The van der Waals surface area contributed by atoms with Gasteiger partial charge >= 0.3 is 6.18 Å². The molecule has 0 aliphatic carbocycles. The number of alkyl halides is 3. The van der Waals surface area contributed by atoms with Gasteiger partial charge in [-0.05, 0) is 55.7 Å². The average Bonchev–Trinajstić information content (AvgIpc) is 3.53. The van der Waals surface area contributed by atoms with Gasteiger partial charge in [-0.15, -0.1) is 0 Å². The van der Waals surface area contributed by atoms with E-state index in [0.717, 1.165) is 82.9 Å². The number of nitrogens with one attached hydrogen (secondary N) is 2. The van der Waals surface area contributed by atoms with Gasteiger partial charge in [-0.2, -0.15) is 18.3 Å². The van der Waals surface area contributed by atoms with Gasteiger partial charge in [0.05, 0.1) is 17.8 Å². The average molecular weight is 739 g/mol. The molecule has 1 aromatic carbocycles. The highest BCUT2D eigenvalue weighted by Crippen LogP contribution is 2.43. The van der Waals surface area contributed by atoms with Crippen LogP contribution in [0.15, 0.2) is 42.9 Å². The van der Waals surface area contributed by atoms with Crippen LogP contribution in [0.2, 0.25) is 0 Å². The van der Waals surface area contributed by atoms with Gasteiger partial charge in [-0.25, -0.2) is 18.6 Å². The molecule has 1 atom stereocenters. The normalized spacial score (nSPS) is 23.8. The second kappa shape index (κ2) is 14.3. The number of likely N-dealkylation sites (tertiary alicyclic amines) is 1. The van der Waals surface area contributed by atoms with Crippen LogP contribution in [0.1, 0.15) is 55.6 Å². The van der Waals surface area contributed by atoms with Gasteiger partial charge in [0.1, 0.15) is 5.56 Å². The zero-order valence-corrected chi connectivity index (χ0v) is 30.1. The van der Waals surface area contributed by atoms with E-state index in [-0.39, 0.29) is 35.4 Å². The summed E-state index contributed by atoms with van der Waals surface area (Å²) in [7, 11) is 1.66. The predicted molar refractivity (Wildman–Crippen MR) is 192 cm³/mol. The molecule has 0 radical (unpaired) electrons. The van der Waals surface area contributed by atoms with Crippen LogP contribution in [0.4, 0.5) is 24.8 Å². The van der Waals surface area contributed by atoms with Crippen molar-refractivity contribution in [3.8, 4) is 11.3 Å². The number of carbonyl (C=O) groups excluding carboxylic acids is 2. The molecule has 3 aromatic rings. The first-order valence-corrected chi connectivity index (χ1v) is 19.0. The standard InChI is InChI=1S/C36H45F3N10O2S/c1-45-19-26(16-41-45)32-30(36(37,38)39)17-40-34(44-32)42-27-10-14-49(15-11-27)52-48-12-8-24(9-13-48)18-46-20-35(21-46)22-47(23-35)28-4-2-25(3-5-28)29-6-7-31(50)43-33(29)51/h2-5,16-17,19,24,27,29H,6-15,18,20-23H2,1H3,(H,40,42,44)(H,43,50,51). The van der Waals surface area contributed by atoms with E-state index in [2.05, 4.69) is 56.2 Å². The lowest BCUT2D eigenvalue weighted by Gasteiger charge is -2.61. The third-order valence-corrected chi connectivity index (χ3v) is 12.4. The van der Waals surface area contributed by atoms with Gasteiger partial charge in [-0.3, -0.25) is 19.6 Å². The monoisotopic (exact) mass is 738 g/mol. The number of hydrogen-bond acceptors (Lipinski definition) is 11. The number of rotatable bonds is 9. The Morgan fingerprint density at radius 3 is 2.27 bits per heavy atom. The number of carbonyl (C=O) groups is 2. The molecular formula is C36H45F3N10O2S. The maximum Gasteiger partial charge on any atom is 0.419 e. The van der Waals surface area contributed by atoms with Gasteiger partial charge in [0, 0.05) is 120 Å². The lowest BCUT2D eigenvalue weighted by atomic mass is 9.72. The van der Waals surface area contributed by atoms with Crippen molar-refractivity contribution in [2.45, 2.75) is 56.7 Å². The highest BCUT2D eigenvalue weighted by atomic mass is 32.2. The Morgan fingerprint density at radius 2 is 1.63 bits per heavy atom. The van der Waals surface area contributed by atoms with E-state index in [0.29, 0.717) is 23.8 Å². The summed E-state index contributed by atoms with van der Waals surface area (Å²) >= 11 is 1.84. The third-order valence-electron chi connectivity index (χ3n) is 11.3. The highest BCUT2D eigenvalue weighted by molar-refractivity contribution is 7.94. The van der Waals surface area contributed by atoms with Crippen molar-refractivity contribution in [1.82, 2.24) is 38.6 Å². The molecule has 12 nitrogen and oxygen atoms in total. The van der Waals surface area contributed by atoms with Crippen LogP contribution in [-0.2, 0) is 22.8 Å². The Balaban J connectivity index is 0.728. The van der Waals surface area contributed by atoms with Crippen LogP contribution in [0, 0.1) is 11.3 Å². The molecule has 2 amide bonds. The van der Waals surface area contributed by atoms with E-state index in [1.165, 1.54) is 42.1 Å². The number of piperidine rings is 3. The molecule has 1 spiro atoms. The molecule has 2 aromatic heterocycles. The van der Waals surface area contributed by atoms with E-state index < -0.39 is 11.7 Å². The summed E-state index contributed by atoms with van der Waals surface area (Å²) in [6, 6.07) is 8.41. The van der Waals surface area contributed by atoms with Crippen LogP contribution < -0.4 is 15.5 Å². The number of nitrogens with zero attached hydrogens (tertiary/aromatic N) is 8. The summed E-state index contributed by atoms with van der Waals surface area (Å²) in [5, 5.41) is 9.75. The fourth-order valence-electron chi connectivity index (χ4n) is 8.50. The second-order valence-corrected chi connectivity index (χ2v) is 16.5. The number of amides is 2. The maximum absolute atomic E-state index is 13.7. The van der Waals surface area contributed by atoms with Crippen molar-refractivity contribution in [1.29, 1.82) is 0 Å². The first-order valence-electron chi connectivity index (χ1n) is 18.3. The lowest BCUT2D eigenvalue weighted by Crippen LogP contribution is -2.72. The van der Waals surface area contributed by atoms with E-state index in [1.54, 1.807) is 7.05 Å². The predicted octanol–water partition coefficient (Wildman–Crippen LogP) is 4.39.